The molecule has 0 aliphatic rings. The first kappa shape index (κ1) is 20.3. The number of anilines is 1. The van der Waals surface area contributed by atoms with Crippen LogP contribution in [0.15, 0.2) is 41.5 Å². The van der Waals surface area contributed by atoms with Gasteiger partial charge in [-0.15, -0.1) is 0 Å². The van der Waals surface area contributed by atoms with Crippen molar-refractivity contribution in [2.75, 3.05) is 24.6 Å². The SMILES string of the molecule is CCN(CC)c1ccc(/C=N/NC(=O)COc2cc(C)ccc2C)c(O)c1. The lowest BCUT2D eigenvalue weighted by Gasteiger charge is -2.21. The first-order valence-electron chi connectivity index (χ1n) is 9.04. The van der Waals surface area contributed by atoms with Gasteiger partial charge in [0.2, 0.25) is 0 Å². The molecule has 6 nitrogen and oxygen atoms in total. The maximum atomic E-state index is 11.9. The van der Waals surface area contributed by atoms with Gasteiger partial charge in [0, 0.05) is 30.4 Å². The van der Waals surface area contributed by atoms with E-state index < -0.39 is 0 Å². The molecule has 0 saturated heterocycles. The highest BCUT2D eigenvalue weighted by atomic mass is 16.5. The van der Waals surface area contributed by atoms with E-state index in [0.29, 0.717) is 11.3 Å². The van der Waals surface area contributed by atoms with Crippen molar-refractivity contribution in [1.82, 2.24) is 5.43 Å². The molecule has 0 aliphatic heterocycles. The minimum absolute atomic E-state index is 0.115. The maximum Gasteiger partial charge on any atom is 0.277 e. The molecule has 0 aromatic heterocycles. The number of amides is 1. The second-order valence-electron chi connectivity index (χ2n) is 6.27. The number of aromatic hydroxyl groups is 1. The van der Waals surface area contributed by atoms with Crippen LogP contribution in [0, 0.1) is 13.8 Å². The fourth-order valence-electron chi connectivity index (χ4n) is 2.64. The number of benzene rings is 2. The van der Waals surface area contributed by atoms with Gasteiger partial charge in [0.15, 0.2) is 6.61 Å². The van der Waals surface area contributed by atoms with Crippen LogP contribution in [0.25, 0.3) is 0 Å². The summed E-state index contributed by atoms with van der Waals surface area (Å²) >= 11 is 0. The van der Waals surface area contributed by atoms with Gasteiger partial charge in [0.05, 0.1) is 6.21 Å². The second kappa shape index (κ2) is 9.62. The van der Waals surface area contributed by atoms with E-state index in [0.717, 1.165) is 29.9 Å². The molecule has 0 saturated carbocycles. The van der Waals surface area contributed by atoms with Gasteiger partial charge in [0.25, 0.3) is 5.91 Å². The van der Waals surface area contributed by atoms with Gasteiger partial charge in [-0.2, -0.15) is 5.10 Å². The van der Waals surface area contributed by atoms with Crippen molar-refractivity contribution < 1.29 is 14.6 Å². The topological polar surface area (TPSA) is 74.2 Å². The molecule has 0 heterocycles. The Labute approximate surface area is 160 Å². The van der Waals surface area contributed by atoms with E-state index in [1.54, 1.807) is 12.1 Å². The maximum absolute atomic E-state index is 11.9. The lowest BCUT2D eigenvalue weighted by Crippen LogP contribution is -2.24. The van der Waals surface area contributed by atoms with Crippen molar-refractivity contribution in [3.8, 4) is 11.5 Å². The number of phenols is 1. The standard InChI is InChI=1S/C21H27N3O3/c1-5-24(6-2)18-10-9-17(19(25)12-18)13-22-23-21(26)14-27-20-11-15(3)7-8-16(20)4/h7-13,25H,5-6,14H2,1-4H3,(H,23,26)/b22-13+. The zero-order valence-electron chi connectivity index (χ0n) is 16.3. The molecule has 1 amide bonds. The summed E-state index contributed by atoms with van der Waals surface area (Å²) in [4.78, 5) is 14.0. The smallest absolute Gasteiger partial charge is 0.277 e. The average molecular weight is 369 g/mol. The summed E-state index contributed by atoms with van der Waals surface area (Å²) in [7, 11) is 0. The van der Waals surface area contributed by atoms with Crippen LogP contribution in [0.2, 0.25) is 0 Å². The van der Waals surface area contributed by atoms with Crippen molar-refractivity contribution in [2.45, 2.75) is 27.7 Å². The van der Waals surface area contributed by atoms with Crippen LogP contribution >= 0.6 is 0 Å². The quantitative estimate of drug-likeness (QED) is 0.553. The van der Waals surface area contributed by atoms with Gasteiger partial charge in [0.1, 0.15) is 11.5 Å². The Kier molecular flexibility index (Phi) is 7.23. The zero-order valence-corrected chi connectivity index (χ0v) is 16.3. The monoisotopic (exact) mass is 369 g/mol. The highest BCUT2D eigenvalue weighted by molar-refractivity contribution is 5.86. The average Bonchev–Trinajstić information content (AvgIpc) is 2.65. The van der Waals surface area contributed by atoms with Gasteiger partial charge in [-0.25, -0.2) is 5.43 Å². The van der Waals surface area contributed by atoms with Crippen LogP contribution in [-0.4, -0.2) is 36.9 Å². The molecular formula is C21H27N3O3. The fraction of sp³-hybridized carbons (Fsp3) is 0.333. The summed E-state index contributed by atoms with van der Waals surface area (Å²) in [5.74, 6) is 0.425. The number of rotatable bonds is 8. The predicted octanol–water partition coefficient (Wildman–Crippen LogP) is 3.38. The number of carbonyl (C=O) groups is 1. The molecule has 0 bridgehead atoms. The van der Waals surface area contributed by atoms with E-state index in [1.165, 1.54) is 6.21 Å². The molecule has 0 fully saturated rings. The summed E-state index contributed by atoms with van der Waals surface area (Å²) in [6.07, 6.45) is 1.41. The third-order valence-corrected chi connectivity index (χ3v) is 4.24. The van der Waals surface area contributed by atoms with Gasteiger partial charge in [-0.05, 0) is 57.0 Å². The number of ether oxygens (including phenoxy) is 1. The van der Waals surface area contributed by atoms with Crippen LogP contribution in [0.3, 0.4) is 0 Å². The van der Waals surface area contributed by atoms with Gasteiger partial charge in [-0.1, -0.05) is 12.1 Å². The molecule has 2 rings (SSSR count). The van der Waals surface area contributed by atoms with Crippen molar-refractivity contribution in [1.29, 1.82) is 0 Å². The van der Waals surface area contributed by atoms with Crippen molar-refractivity contribution >= 4 is 17.8 Å². The van der Waals surface area contributed by atoms with Gasteiger partial charge in [-0.3, -0.25) is 4.79 Å². The number of nitrogens with one attached hydrogen (secondary N) is 1. The lowest BCUT2D eigenvalue weighted by atomic mass is 10.1. The molecule has 0 atom stereocenters. The summed E-state index contributed by atoms with van der Waals surface area (Å²) in [5, 5.41) is 14.0. The molecule has 2 aromatic carbocycles. The third kappa shape index (κ3) is 5.74. The van der Waals surface area contributed by atoms with E-state index in [2.05, 4.69) is 29.3 Å². The summed E-state index contributed by atoms with van der Waals surface area (Å²) < 4.78 is 5.53. The van der Waals surface area contributed by atoms with E-state index in [1.807, 2.05) is 38.1 Å². The number of carbonyl (C=O) groups excluding carboxylic acids is 1. The Morgan fingerprint density at radius 2 is 1.93 bits per heavy atom. The Morgan fingerprint density at radius 1 is 1.19 bits per heavy atom. The van der Waals surface area contributed by atoms with E-state index in [4.69, 9.17) is 4.74 Å². The van der Waals surface area contributed by atoms with E-state index >= 15 is 0 Å². The first-order chi connectivity index (χ1) is 12.9. The first-order valence-corrected chi connectivity index (χ1v) is 9.04. The van der Waals surface area contributed by atoms with Crippen LogP contribution in [0.4, 0.5) is 5.69 Å². The Morgan fingerprint density at radius 3 is 2.59 bits per heavy atom. The number of hydrogen-bond acceptors (Lipinski definition) is 5. The van der Waals surface area contributed by atoms with Crippen LogP contribution < -0.4 is 15.1 Å². The third-order valence-electron chi connectivity index (χ3n) is 4.24. The molecule has 0 aliphatic carbocycles. The number of nitrogens with zero attached hydrogens (tertiary/aromatic N) is 2. The number of aryl methyl sites for hydroxylation is 2. The summed E-state index contributed by atoms with van der Waals surface area (Å²) in [6.45, 7) is 9.61. The van der Waals surface area contributed by atoms with Crippen molar-refractivity contribution in [3.05, 3.63) is 53.1 Å². The number of phenolic OH excluding ortho intramolecular Hbond substituents is 1. The molecule has 27 heavy (non-hydrogen) atoms. The van der Waals surface area contributed by atoms with Crippen LogP contribution in [0.1, 0.15) is 30.5 Å². The molecule has 6 heteroatoms. The zero-order chi connectivity index (χ0) is 19.8. The van der Waals surface area contributed by atoms with Gasteiger partial charge < -0.3 is 14.7 Å². The Balaban J connectivity index is 1.91. The summed E-state index contributed by atoms with van der Waals surface area (Å²) in [6, 6.07) is 11.2. The molecule has 2 N–H and O–H groups in total. The minimum Gasteiger partial charge on any atom is -0.507 e. The Hall–Kier alpha value is -3.02. The Bertz CT molecular complexity index is 814. The number of hydrazone groups is 1. The van der Waals surface area contributed by atoms with Gasteiger partial charge >= 0.3 is 0 Å². The second-order valence-corrected chi connectivity index (χ2v) is 6.27. The van der Waals surface area contributed by atoms with Crippen molar-refractivity contribution in [2.24, 2.45) is 5.10 Å². The minimum atomic E-state index is -0.369. The van der Waals surface area contributed by atoms with E-state index in [-0.39, 0.29) is 18.3 Å². The van der Waals surface area contributed by atoms with Crippen LogP contribution in [0.5, 0.6) is 11.5 Å². The molecular weight excluding hydrogens is 342 g/mol. The predicted molar refractivity (Wildman–Crippen MR) is 109 cm³/mol. The molecule has 0 unspecified atom stereocenters. The van der Waals surface area contributed by atoms with Crippen molar-refractivity contribution in [3.63, 3.8) is 0 Å². The largest absolute Gasteiger partial charge is 0.507 e. The molecule has 2 aromatic rings. The van der Waals surface area contributed by atoms with E-state index in [9.17, 15) is 9.90 Å². The molecule has 0 radical (unpaired) electrons. The normalized spacial score (nSPS) is 10.8. The highest BCUT2D eigenvalue weighted by Crippen LogP contribution is 2.23. The highest BCUT2D eigenvalue weighted by Gasteiger charge is 2.07. The fourth-order valence-corrected chi connectivity index (χ4v) is 2.64. The van der Waals surface area contributed by atoms with Crippen LogP contribution in [-0.2, 0) is 4.79 Å². The lowest BCUT2D eigenvalue weighted by molar-refractivity contribution is -0.123. The molecule has 144 valence electrons. The number of hydrogen-bond donors (Lipinski definition) is 2. The summed E-state index contributed by atoms with van der Waals surface area (Å²) in [5.41, 5.74) is 5.92. The molecule has 0 spiro atoms.